The minimum atomic E-state index is -0.463. The molecule has 0 radical (unpaired) electrons. The average Bonchev–Trinajstić information content (AvgIpc) is 2.87. The number of nitro groups is 1. The van der Waals surface area contributed by atoms with Crippen molar-refractivity contribution in [3.63, 3.8) is 0 Å². The third-order valence-corrected chi connectivity index (χ3v) is 2.65. The standard InChI is InChI=1S/C13H13N3O4/c1-2-20-13(17)9-15-12(6-7-14-15)10-4-3-5-11(8-10)16(18)19/h3-8H,2,9H2,1H3. The zero-order chi connectivity index (χ0) is 14.5. The average molecular weight is 275 g/mol. The first kappa shape index (κ1) is 13.7. The molecule has 0 saturated heterocycles. The van der Waals surface area contributed by atoms with Gasteiger partial charge in [0.25, 0.3) is 5.69 Å². The second-order valence-electron chi connectivity index (χ2n) is 3.99. The molecule has 2 rings (SSSR count). The largest absolute Gasteiger partial charge is 0.465 e. The summed E-state index contributed by atoms with van der Waals surface area (Å²) in [7, 11) is 0. The van der Waals surface area contributed by atoms with Crippen LogP contribution in [0.3, 0.4) is 0 Å². The molecule has 0 saturated carbocycles. The van der Waals surface area contributed by atoms with Crippen LogP contribution in [0.2, 0.25) is 0 Å². The minimum absolute atomic E-state index is 0.00798. The van der Waals surface area contributed by atoms with Crippen LogP contribution in [0, 0.1) is 10.1 Å². The monoisotopic (exact) mass is 275 g/mol. The third-order valence-electron chi connectivity index (χ3n) is 2.65. The van der Waals surface area contributed by atoms with Crippen molar-refractivity contribution in [3.05, 3.63) is 46.6 Å². The predicted molar refractivity (Wildman–Crippen MR) is 71.0 cm³/mol. The Bertz CT molecular complexity index is 636. The molecule has 1 aromatic carbocycles. The van der Waals surface area contributed by atoms with E-state index >= 15 is 0 Å². The highest BCUT2D eigenvalue weighted by atomic mass is 16.6. The molecule has 7 nitrogen and oxygen atoms in total. The lowest BCUT2D eigenvalue weighted by atomic mass is 10.1. The van der Waals surface area contributed by atoms with Crippen LogP contribution >= 0.6 is 0 Å². The molecule has 0 fully saturated rings. The number of non-ortho nitro benzene ring substituents is 1. The van der Waals surface area contributed by atoms with Gasteiger partial charge in [-0.15, -0.1) is 0 Å². The summed E-state index contributed by atoms with van der Waals surface area (Å²) in [6.07, 6.45) is 1.54. The van der Waals surface area contributed by atoms with E-state index in [0.717, 1.165) is 0 Å². The molecular formula is C13H13N3O4. The molecular weight excluding hydrogens is 262 g/mol. The van der Waals surface area contributed by atoms with Gasteiger partial charge in [-0.3, -0.25) is 19.6 Å². The Kier molecular flexibility index (Phi) is 4.09. The SMILES string of the molecule is CCOC(=O)Cn1nccc1-c1cccc([N+](=O)[O-])c1. The van der Waals surface area contributed by atoms with Gasteiger partial charge in [0, 0.05) is 23.9 Å². The molecule has 7 heteroatoms. The number of nitro benzene ring substituents is 1. The van der Waals surface area contributed by atoms with Gasteiger partial charge in [0.1, 0.15) is 6.54 Å². The summed E-state index contributed by atoms with van der Waals surface area (Å²) in [6, 6.07) is 7.87. The third kappa shape index (κ3) is 3.00. The summed E-state index contributed by atoms with van der Waals surface area (Å²) < 4.78 is 6.32. The molecule has 2 aromatic rings. The molecule has 20 heavy (non-hydrogen) atoms. The maximum absolute atomic E-state index is 11.5. The molecule has 0 N–H and O–H groups in total. The Labute approximate surface area is 114 Å². The highest BCUT2D eigenvalue weighted by molar-refractivity contribution is 5.71. The number of carbonyl (C=O) groups is 1. The van der Waals surface area contributed by atoms with Crippen LogP contribution in [0.1, 0.15) is 6.92 Å². The molecule has 0 unspecified atom stereocenters. The van der Waals surface area contributed by atoms with Crippen molar-refractivity contribution >= 4 is 11.7 Å². The number of hydrogen-bond donors (Lipinski definition) is 0. The van der Waals surface area contributed by atoms with Crippen molar-refractivity contribution in [2.75, 3.05) is 6.61 Å². The van der Waals surface area contributed by atoms with Crippen LogP contribution in [-0.2, 0) is 16.1 Å². The van der Waals surface area contributed by atoms with E-state index in [0.29, 0.717) is 17.9 Å². The van der Waals surface area contributed by atoms with Crippen molar-refractivity contribution in [2.45, 2.75) is 13.5 Å². The number of benzene rings is 1. The molecule has 0 spiro atoms. The second kappa shape index (κ2) is 5.96. The number of carbonyl (C=O) groups excluding carboxylic acids is 1. The van der Waals surface area contributed by atoms with E-state index < -0.39 is 10.9 Å². The summed E-state index contributed by atoms with van der Waals surface area (Å²) in [5, 5.41) is 14.8. The van der Waals surface area contributed by atoms with E-state index in [-0.39, 0.29) is 12.2 Å². The lowest BCUT2D eigenvalue weighted by molar-refractivity contribution is -0.384. The highest BCUT2D eigenvalue weighted by Gasteiger charge is 2.13. The van der Waals surface area contributed by atoms with E-state index in [2.05, 4.69) is 5.10 Å². The van der Waals surface area contributed by atoms with E-state index in [1.807, 2.05) is 0 Å². The Morgan fingerprint density at radius 3 is 2.95 bits per heavy atom. The van der Waals surface area contributed by atoms with Crippen LogP contribution in [0.4, 0.5) is 5.69 Å². The summed E-state index contributed by atoms with van der Waals surface area (Å²) in [5.74, 6) is -0.400. The molecule has 0 aliphatic heterocycles. The van der Waals surface area contributed by atoms with Gasteiger partial charge in [0.15, 0.2) is 0 Å². The molecule has 0 atom stereocenters. The van der Waals surface area contributed by atoms with Crippen LogP contribution in [0.15, 0.2) is 36.5 Å². The van der Waals surface area contributed by atoms with E-state index in [9.17, 15) is 14.9 Å². The molecule has 1 aromatic heterocycles. The van der Waals surface area contributed by atoms with Gasteiger partial charge in [-0.25, -0.2) is 0 Å². The predicted octanol–water partition coefficient (Wildman–Crippen LogP) is 2.02. The first-order chi connectivity index (χ1) is 9.61. The zero-order valence-corrected chi connectivity index (χ0v) is 10.9. The summed E-state index contributed by atoms with van der Waals surface area (Å²) in [5.41, 5.74) is 1.24. The molecule has 104 valence electrons. The molecule has 0 aliphatic rings. The summed E-state index contributed by atoms with van der Waals surface area (Å²) >= 11 is 0. The molecule has 1 heterocycles. The van der Waals surface area contributed by atoms with Gasteiger partial charge in [-0.05, 0) is 13.0 Å². The number of rotatable bonds is 5. The van der Waals surface area contributed by atoms with Crippen molar-refractivity contribution < 1.29 is 14.5 Å². The van der Waals surface area contributed by atoms with E-state index in [1.165, 1.54) is 23.0 Å². The van der Waals surface area contributed by atoms with Crippen LogP contribution < -0.4 is 0 Å². The van der Waals surface area contributed by atoms with Gasteiger partial charge in [0.05, 0.1) is 17.2 Å². The Morgan fingerprint density at radius 2 is 2.25 bits per heavy atom. The quantitative estimate of drug-likeness (QED) is 0.473. The summed E-state index contributed by atoms with van der Waals surface area (Å²) in [6.45, 7) is 1.99. The van der Waals surface area contributed by atoms with Gasteiger partial charge in [-0.2, -0.15) is 5.10 Å². The smallest absolute Gasteiger partial charge is 0.327 e. The molecule has 0 aliphatic carbocycles. The van der Waals surface area contributed by atoms with Gasteiger partial charge in [-0.1, -0.05) is 12.1 Å². The number of ether oxygens (including phenoxy) is 1. The maximum Gasteiger partial charge on any atom is 0.327 e. The summed E-state index contributed by atoms with van der Waals surface area (Å²) in [4.78, 5) is 21.8. The van der Waals surface area contributed by atoms with Crippen molar-refractivity contribution in [1.82, 2.24) is 9.78 Å². The fraction of sp³-hybridized carbons (Fsp3) is 0.231. The second-order valence-corrected chi connectivity index (χ2v) is 3.99. The van der Waals surface area contributed by atoms with Gasteiger partial charge in [0.2, 0.25) is 0 Å². The number of esters is 1. The van der Waals surface area contributed by atoms with E-state index in [1.54, 1.807) is 25.1 Å². The van der Waals surface area contributed by atoms with E-state index in [4.69, 9.17) is 4.74 Å². The number of nitrogens with zero attached hydrogens (tertiary/aromatic N) is 3. The van der Waals surface area contributed by atoms with Crippen molar-refractivity contribution in [1.29, 1.82) is 0 Å². The number of hydrogen-bond acceptors (Lipinski definition) is 5. The molecule has 0 amide bonds. The Balaban J connectivity index is 2.30. The normalized spacial score (nSPS) is 10.2. The van der Waals surface area contributed by atoms with Crippen molar-refractivity contribution in [3.8, 4) is 11.3 Å². The minimum Gasteiger partial charge on any atom is -0.465 e. The lowest BCUT2D eigenvalue weighted by Gasteiger charge is -2.07. The van der Waals surface area contributed by atoms with Crippen molar-refractivity contribution in [2.24, 2.45) is 0 Å². The molecule has 0 bridgehead atoms. The Hall–Kier alpha value is -2.70. The Morgan fingerprint density at radius 1 is 1.45 bits per heavy atom. The first-order valence-corrected chi connectivity index (χ1v) is 6.04. The maximum atomic E-state index is 11.5. The van der Waals surface area contributed by atoms with Crippen LogP contribution in [0.5, 0.6) is 0 Å². The number of aromatic nitrogens is 2. The fourth-order valence-electron chi connectivity index (χ4n) is 1.81. The fourth-order valence-corrected chi connectivity index (χ4v) is 1.81. The lowest BCUT2D eigenvalue weighted by Crippen LogP contribution is -2.15. The zero-order valence-electron chi connectivity index (χ0n) is 10.9. The highest BCUT2D eigenvalue weighted by Crippen LogP contribution is 2.23. The topological polar surface area (TPSA) is 87.3 Å². The van der Waals surface area contributed by atoms with Crippen LogP contribution in [-0.4, -0.2) is 27.3 Å². The van der Waals surface area contributed by atoms with Crippen LogP contribution in [0.25, 0.3) is 11.3 Å². The van der Waals surface area contributed by atoms with Gasteiger partial charge >= 0.3 is 5.97 Å². The first-order valence-electron chi connectivity index (χ1n) is 6.04. The van der Waals surface area contributed by atoms with Gasteiger partial charge < -0.3 is 4.74 Å².